The van der Waals surface area contributed by atoms with E-state index in [1.807, 2.05) is 24.3 Å². The van der Waals surface area contributed by atoms with E-state index < -0.39 is 11.2 Å². The SMILES string of the molecule is Cn1c(=O)[nH]c(=O)c2[nH]c(-c3n[nH]c4ccccc34)nc21. The summed E-state index contributed by atoms with van der Waals surface area (Å²) < 4.78 is 1.28. The third kappa shape index (κ3) is 1.55. The molecule has 0 spiro atoms. The van der Waals surface area contributed by atoms with Gasteiger partial charge < -0.3 is 4.98 Å². The van der Waals surface area contributed by atoms with E-state index in [2.05, 4.69) is 25.1 Å². The van der Waals surface area contributed by atoms with Crippen molar-refractivity contribution in [1.82, 2.24) is 29.7 Å². The van der Waals surface area contributed by atoms with Crippen LogP contribution in [0.2, 0.25) is 0 Å². The van der Waals surface area contributed by atoms with Crippen molar-refractivity contribution >= 4 is 22.1 Å². The fourth-order valence-corrected chi connectivity index (χ4v) is 2.36. The van der Waals surface area contributed by atoms with Crippen molar-refractivity contribution in [2.75, 3.05) is 0 Å². The molecule has 0 saturated carbocycles. The molecule has 0 bridgehead atoms. The van der Waals surface area contributed by atoms with E-state index in [0.717, 1.165) is 10.9 Å². The maximum absolute atomic E-state index is 11.8. The highest BCUT2D eigenvalue weighted by Gasteiger charge is 2.15. The number of aromatic amines is 3. The Kier molecular flexibility index (Phi) is 2.17. The van der Waals surface area contributed by atoms with Crippen LogP contribution in [-0.2, 0) is 7.05 Å². The molecule has 3 N–H and O–H groups in total. The quantitative estimate of drug-likeness (QED) is 0.471. The van der Waals surface area contributed by atoms with Crippen molar-refractivity contribution in [1.29, 1.82) is 0 Å². The summed E-state index contributed by atoms with van der Waals surface area (Å²) in [6.07, 6.45) is 0. The zero-order valence-corrected chi connectivity index (χ0v) is 11.0. The van der Waals surface area contributed by atoms with Crippen LogP contribution in [0.1, 0.15) is 0 Å². The molecule has 1 aromatic carbocycles. The molecule has 0 unspecified atom stereocenters. The molecule has 0 aliphatic rings. The number of rotatable bonds is 1. The molecule has 0 atom stereocenters. The number of para-hydroxylation sites is 1. The molecule has 3 heterocycles. The summed E-state index contributed by atoms with van der Waals surface area (Å²) in [7, 11) is 1.55. The molecule has 0 radical (unpaired) electrons. The van der Waals surface area contributed by atoms with Gasteiger partial charge in [0.15, 0.2) is 11.5 Å². The highest BCUT2D eigenvalue weighted by atomic mass is 16.2. The fraction of sp³-hybridized carbons (Fsp3) is 0.0769. The summed E-state index contributed by atoms with van der Waals surface area (Å²) in [6, 6.07) is 7.60. The van der Waals surface area contributed by atoms with Crippen molar-refractivity contribution in [2.45, 2.75) is 0 Å². The lowest BCUT2D eigenvalue weighted by molar-refractivity contribution is 0.832. The Balaban J connectivity index is 2.08. The third-order valence-electron chi connectivity index (χ3n) is 3.45. The second-order valence-corrected chi connectivity index (χ2v) is 4.72. The van der Waals surface area contributed by atoms with Gasteiger partial charge in [0.1, 0.15) is 11.2 Å². The Labute approximate surface area is 116 Å². The molecular weight excluding hydrogens is 272 g/mol. The zero-order chi connectivity index (χ0) is 14.6. The molecule has 21 heavy (non-hydrogen) atoms. The topological polar surface area (TPSA) is 112 Å². The van der Waals surface area contributed by atoms with Crippen molar-refractivity contribution in [3.8, 4) is 11.5 Å². The summed E-state index contributed by atoms with van der Waals surface area (Å²) in [6.45, 7) is 0. The molecule has 104 valence electrons. The summed E-state index contributed by atoms with van der Waals surface area (Å²) in [4.78, 5) is 32.9. The van der Waals surface area contributed by atoms with Gasteiger partial charge in [0, 0.05) is 12.4 Å². The zero-order valence-electron chi connectivity index (χ0n) is 11.0. The van der Waals surface area contributed by atoms with E-state index in [1.165, 1.54) is 4.57 Å². The molecular formula is C13H10N6O2. The van der Waals surface area contributed by atoms with Gasteiger partial charge >= 0.3 is 5.69 Å². The first-order valence-corrected chi connectivity index (χ1v) is 6.27. The number of nitrogens with one attached hydrogen (secondary N) is 3. The van der Waals surface area contributed by atoms with Gasteiger partial charge in [-0.1, -0.05) is 18.2 Å². The largest absolute Gasteiger partial charge is 0.331 e. The lowest BCUT2D eigenvalue weighted by atomic mass is 10.2. The first kappa shape index (κ1) is 11.6. The van der Waals surface area contributed by atoms with Crippen LogP contribution < -0.4 is 11.2 Å². The molecule has 0 saturated heterocycles. The highest BCUT2D eigenvalue weighted by molar-refractivity contribution is 5.92. The van der Waals surface area contributed by atoms with E-state index in [4.69, 9.17) is 0 Å². The number of benzene rings is 1. The smallest absolute Gasteiger partial charge is 0.329 e. The minimum Gasteiger partial charge on any atom is -0.331 e. The van der Waals surface area contributed by atoms with Crippen LogP contribution in [0.25, 0.3) is 33.6 Å². The molecule has 4 rings (SSSR count). The second-order valence-electron chi connectivity index (χ2n) is 4.72. The second kappa shape index (κ2) is 3.92. The molecule has 0 aliphatic heterocycles. The molecule has 0 aliphatic carbocycles. The molecule has 4 aromatic rings. The third-order valence-corrected chi connectivity index (χ3v) is 3.45. The maximum atomic E-state index is 11.8. The Bertz CT molecular complexity index is 1100. The molecule has 0 amide bonds. The van der Waals surface area contributed by atoms with Crippen molar-refractivity contribution in [3.05, 3.63) is 45.1 Å². The van der Waals surface area contributed by atoms with Gasteiger partial charge in [0.05, 0.1) is 5.52 Å². The molecule has 8 heteroatoms. The number of fused-ring (bicyclic) bond motifs is 2. The predicted octanol–water partition coefficient (Wildman–Crippen LogP) is 0.493. The van der Waals surface area contributed by atoms with Crippen LogP contribution in [0.15, 0.2) is 33.9 Å². The standard InChI is InChI=1S/C13H10N6O2/c1-19-11-9(12(20)16-13(19)21)14-10(15-11)8-6-4-2-3-5-7(6)17-18-8/h2-5H,1H3,(H,14,15)(H,17,18)(H,16,20,21). The Morgan fingerprint density at radius 3 is 2.81 bits per heavy atom. The summed E-state index contributed by atoms with van der Waals surface area (Å²) in [5.41, 5.74) is 1.03. The molecule has 0 fully saturated rings. The number of hydrogen-bond donors (Lipinski definition) is 3. The monoisotopic (exact) mass is 282 g/mol. The molecule has 8 nitrogen and oxygen atoms in total. The van der Waals surface area contributed by atoms with Gasteiger partial charge in [-0.05, 0) is 6.07 Å². The van der Waals surface area contributed by atoms with Crippen LogP contribution >= 0.6 is 0 Å². The van der Waals surface area contributed by atoms with Gasteiger partial charge in [0.25, 0.3) is 5.56 Å². The fourth-order valence-electron chi connectivity index (χ4n) is 2.36. The van der Waals surface area contributed by atoms with Crippen LogP contribution in [0.3, 0.4) is 0 Å². The number of imidazole rings is 1. The van der Waals surface area contributed by atoms with Gasteiger partial charge in [-0.3, -0.25) is 19.4 Å². The minimum atomic E-state index is -0.502. The van der Waals surface area contributed by atoms with Crippen LogP contribution in [0, 0.1) is 0 Å². The number of nitrogens with zero attached hydrogens (tertiary/aromatic N) is 3. The van der Waals surface area contributed by atoms with E-state index in [9.17, 15) is 9.59 Å². The van der Waals surface area contributed by atoms with Gasteiger partial charge in [-0.15, -0.1) is 0 Å². The van der Waals surface area contributed by atoms with Gasteiger partial charge in [0.2, 0.25) is 0 Å². The van der Waals surface area contributed by atoms with E-state index in [-0.39, 0.29) is 5.52 Å². The number of hydrogen-bond acceptors (Lipinski definition) is 4. The van der Waals surface area contributed by atoms with E-state index >= 15 is 0 Å². The first-order chi connectivity index (χ1) is 10.1. The number of aryl methyl sites for hydroxylation is 1. The molecule has 3 aromatic heterocycles. The Morgan fingerprint density at radius 2 is 1.95 bits per heavy atom. The van der Waals surface area contributed by atoms with Crippen molar-refractivity contribution < 1.29 is 0 Å². The summed E-state index contributed by atoms with van der Waals surface area (Å²) in [5, 5.41) is 8.02. The van der Waals surface area contributed by atoms with Crippen molar-refractivity contribution in [3.63, 3.8) is 0 Å². The normalized spacial score (nSPS) is 11.5. The Morgan fingerprint density at radius 1 is 1.14 bits per heavy atom. The van der Waals surface area contributed by atoms with E-state index in [1.54, 1.807) is 7.05 Å². The van der Waals surface area contributed by atoms with Crippen LogP contribution in [0.4, 0.5) is 0 Å². The highest BCUT2D eigenvalue weighted by Crippen LogP contribution is 2.24. The van der Waals surface area contributed by atoms with Crippen LogP contribution in [-0.4, -0.2) is 29.7 Å². The maximum Gasteiger partial charge on any atom is 0.329 e. The van der Waals surface area contributed by atoms with E-state index in [0.29, 0.717) is 17.2 Å². The van der Waals surface area contributed by atoms with Crippen molar-refractivity contribution in [2.24, 2.45) is 7.05 Å². The minimum absolute atomic E-state index is 0.249. The lowest BCUT2D eigenvalue weighted by Crippen LogP contribution is -2.28. The predicted molar refractivity (Wildman–Crippen MR) is 77.0 cm³/mol. The Hall–Kier alpha value is -3.16. The van der Waals surface area contributed by atoms with Crippen LogP contribution in [0.5, 0.6) is 0 Å². The average molecular weight is 282 g/mol. The lowest BCUT2D eigenvalue weighted by Gasteiger charge is -1.94. The first-order valence-electron chi connectivity index (χ1n) is 6.27. The number of H-pyrrole nitrogens is 3. The summed E-state index contributed by atoms with van der Waals surface area (Å²) >= 11 is 0. The average Bonchev–Trinajstić information content (AvgIpc) is 3.09. The van der Waals surface area contributed by atoms with Gasteiger partial charge in [-0.25, -0.2) is 9.78 Å². The summed E-state index contributed by atoms with van der Waals surface area (Å²) in [5.74, 6) is 0.439. The number of aromatic nitrogens is 6. The van der Waals surface area contributed by atoms with Gasteiger partial charge in [-0.2, -0.15) is 5.10 Å².